The number of aliphatic hydroxyl groups excluding tert-OH is 1. The fraction of sp³-hybridized carbons (Fsp3) is 0.300. The van der Waals surface area contributed by atoms with Crippen LogP contribution in [0.25, 0.3) is 0 Å². The Bertz CT molecular complexity index is 728. The molecule has 0 heterocycles. The second-order valence-electron chi connectivity index (χ2n) is 6.59. The lowest BCUT2D eigenvalue weighted by molar-refractivity contribution is -0.159. The molecule has 0 aliphatic rings. The van der Waals surface area contributed by atoms with Crippen LogP contribution in [-0.4, -0.2) is 32.8 Å². The predicted molar refractivity (Wildman–Crippen MR) is 100 cm³/mol. The molecule has 0 bridgehead atoms. The number of nitrogens with two attached hydrogens (primary N) is 1. The Balaban J connectivity index is 0.000000527. The maximum absolute atomic E-state index is 9.43. The Morgan fingerprint density at radius 2 is 1.52 bits per heavy atom. The number of ether oxygens (including phenoxy) is 1. The van der Waals surface area contributed by atoms with Crippen LogP contribution in [0.4, 0.5) is 0 Å². The number of hydrogen-bond donors (Lipinski definition) is 4. The fourth-order valence-corrected chi connectivity index (χ4v) is 2.28. The van der Waals surface area contributed by atoms with Crippen molar-refractivity contribution in [3.63, 3.8) is 0 Å². The van der Waals surface area contributed by atoms with Crippen LogP contribution in [-0.2, 0) is 16.2 Å². The predicted octanol–water partition coefficient (Wildman–Crippen LogP) is 2.58. The number of aliphatic hydroxyl groups is 1. The van der Waals surface area contributed by atoms with Crippen molar-refractivity contribution in [3.05, 3.63) is 65.7 Å². The molecule has 0 amide bonds. The molecule has 0 spiro atoms. The van der Waals surface area contributed by atoms with Gasteiger partial charge < -0.3 is 25.8 Å². The normalized spacial score (nSPS) is 11.7. The van der Waals surface area contributed by atoms with Crippen LogP contribution in [0.1, 0.15) is 37.5 Å². The summed E-state index contributed by atoms with van der Waals surface area (Å²) in [5.41, 5.74) is 7.70. The molecule has 146 valence electrons. The first-order chi connectivity index (χ1) is 12.6. The minimum atomic E-state index is -1.82. The van der Waals surface area contributed by atoms with Gasteiger partial charge in [0.1, 0.15) is 11.9 Å². The van der Waals surface area contributed by atoms with E-state index in [0.717, 1.165) is 11.1 Å². The smallest absolute Gasteiger partial charge is 0.414 e. The molecule has 7 nitrogen and oxygen atoms in total. The van der Waals surface area contributed by atoms with Crippen molar-refractivity contribution in [1.82, 2.24) is 0 Å². The van der Waals surface area contributed by atoms with Crippen LogP contribution in [0, 0.1) is 0 Å². The summed E-state index contributed by atoms with van der Waals surface area (Å²) in [6, 6.07) is 17.6. The molecule has 0 radical (unpaired) electrons. The third-order valence-corrected chi connectivity index (χ3v) is 3.48. The van der Waals surface area contributed by atoms with Crippen molar-refractivity contribution < 1.29 is 29.6 Å². The lowest BCUT2D eigenvalue weighted by Crippen LogP contribution is -2.35. The van der Waals surface area contributed by atoms with Gasteiger partial charge in [0, 0.05) is 17.5 Å². The van der Waals surface area contributed by atoms with Crippen molar-refractivity contribution in [2.45, 2.75) is 38.5 Å². The lowest BCUT2D eigenvalue weighted by atomic mass is 9.94. The summed E-state index contributed by atoms with van der Waals surface area (Å²) in [6.45, 7) is 3.94. The quantitative estimate of drug-likeness (QED) is 0.571. The maximum Gasteiger partial charge on any atom is 0.414 e. The molecule has 2 aromatic rings. The summed E-state index contributed by atoms with van der Waals surface area (Å²) < 4.78 is 6.16. The van der Waals surface area contributed by atoms with Crippen LogP contribution >= 0.6 is 0 Å². The molecule has 2 rings (SSSR count). The molecule has 27 heavy (non-hydrogen) atoms. The van der Waals surface area contributed by atoms with Gasteiger partial charge in [-0.25, -0.2) is 9.59 Å². The number of carbonyl (C=O) groups is 2. The third kappa shape index (κ3) is 8.35. The summed E-state index contributed by atoms with van der Waals surface area (Å²) in [4.78, 5) is 18.2. The lowest BCUT2D eigenvalue weighted by Gasteiger charge is -2.27. The highest BCUT2D eigenvalue weighted by Crippen LogP contribution is 2.30. The zero-order chi connectivity index (χ0) is 20.4. The van der Waals surface area contributed by atoms with Gasteiger partial charge in [0.05, 0.1) is 6.61 Å². The van der Waals surface area contributed by atoms with E-state index in [1.165, 1.54) is 0 Å². The largest absolute Gasteiger partial charge is 0.485 e. The Labute approximate surface area is 158 Å². The highest BCUT2D eigenvalue weighted by atomic mass is 16.5. The van der Waals surface area contributed by atoms with Gasteiger partial charge in [0.2, 0.25) is 0 Å². The molecule has 1 unspecified atom stereocenters. The molecule has 5 N–H and O–H groups in total. The van der Waals surface area contributed by atoms with E-state index >= 15 is 0 Å². The Morgan fingerprint density at radius 3 is 2.00 bits per heavy atom. The minimum absolute atomic E-state index is 0.0380. The fourth-order valence-electron chi connectivity index (χ4n) is 2.28. The van der Waals surface area contributed by atoms with E-state index in [1.54, 1.807) is 0 Å². The van der Waals surface area contributed by atoms with E-state index in [1.807, 2.05) is 68.4 Å². The van der Waals surface area contributed by atoms with E-state index in [4.69, 9.17) is 30.3 Å². The van der Waals surface area contributed by atoms with Crippen molar-refractivity contribution >= 4 is 11.9 Å². The number of para-hydroxylation sites is 1. The molecule has 0 fully saturated rings. The number of rotatable bonds is 6. The van der Waals surface area contributed by atoms with Gasteiger partial charge in [-0.3, -0.25) is 0 Å². The van der Waals surface area contributed by atoms with Gasteiger partial charge >= 0.3 is 11.9 Å². The van der Waals surface area contributed by atoms with Gasteiger partial charge in [-0.1, -0.05) is 48.5 Å². The van der Waals surface area contributed by atoms with Crippen molar-refractivity contribution in [2.75, 3.05) is 0 Å². The number of hydrogen-bond acceptors (Lipinski definition) is 5. The van der Waals surface area contributed by atoms with Crippen molar-refractivity contribution in [1.29, 1.82) is 0 Å². The molecule has 0 aliphatic carbocycles. The average Bonchev–Trinajstić information content (AvgIpc) is 2.61. The molecule has 2 aromatic carbocycles. The number of aliphatic carboxylic acids is 2. The standard InChI is InChI=1S/C18H23NO2.C2H2O4/c1-18(2,19)12-17(14-8-4-3-5-9-14)21-16-11-7-6-10-15(16)13-20;3-1(4)2(5)6/h3-11,17,20H,12-13,19H2,1-2H3;(H,3,4)(H,5,6). The van der Waals surface area contributed by atoms with Crippen LogP contribution in [0.3, 0.4) is 0 Å². The van der Waals surface area contributed by atoms with Crippen LogP contribution in [0.2, 0.25) is 0 Å². The van der Waals surface area contributed by atoms with Crippen LogP contribution in [0.15, 0.2) is 54.6 Å². The molecule has 1 atom stereocenters. The Hall–Kier alpha value is -2.90. The molecule has 0 aliphatic heterocycles. The van der Waals surface area contributed by atoms with Gasteiger partial charge in [-0.2, -0.15) is 0 Å². The SMILES string of the molecule is CC(C)(N)CC(Oc1ccccc1CO)c1ccccc1.O=C(O)C(=O)O. The zero-order valence-electron chi connectivity index (χ0n) is 15.3. The summed E-state index contributed by atoms with van der Waals surface area (Å²) in [7, 11) is 0. The second kappa shape index (κ2) is 10.3. The van der Waals surface area contributed by atoms with Gasteiger partial charge in [0.15, 0.2) is 0 Å². The monoisotopic (exact) mass is 375 g/mol. The van der Waals surface area contributed by atoms with Crippen LogP contribution < -0.4 is 10.5 Å². The third-order valence-electron chi connectivity index (χ3n) is 3.48. The first-order valence-electron chi connectivity index (χ1n) is 8.29. The van der Waals surface area contributed by atoms with Gasteiger partial charge in [0.25, 0.3) is 0 Å². The molecule has 0 saturated carbocycles. The van der Waals surface area contributed by atoms with E-state index in [2.05, 4.69) is 0 Å². The Kier molecular flexibility index (Phi) is 8.44. The summed E-state index contributed by atoms with van der Waals surface area (Å²) >= 11 is 0. The van der Waals surface area contributed by atoms with E-state index < -0.39 is 11.9 Å². The zero-order valence-corrected chi connectivity index (χ0v) is 15.3. The van der Waals surface area contributed by atoms with Gasteiger partial charge in [-0.15, -0.1) is 0 Å². The van der Waals surface area contributed by atoms with Crippen molar-refractivity contribution in [2.24, 2.45) is 5.73 Å². The van der Waals surface area contributed by atoms with Gasteiger partial charge in [-0.05, 0) is 25.5 Å². The highest BCUT2D eigenvalue weighted by Gasteiger charge is 2.22. The molecule has 0 saturated heterocycles. The summed E-state index contributed by atoms with van der Waals surface area (Å²) in [6.07, 6.45) is 0.551. The summed E-state index contributed by atoms with van der Waals surface area (Å²) in [5.74, 6) is -2.94. The van der Waals surface area contributed by atoms with Crippen molar-refractivity contribution in [3.8, 4) is 5.75 Å². The first-order valence-corrected chi connectivity index (χ1v) is 8.29. The molecular weight excluding hydrogens is 350 g/mol. The molecule has 0 aromatic heterocycles. The topological polar surface area (TPSA) is 130 Å². The average molecular weight is 375 g/mol. The van der Waals surface area contributed by atoms with Crippen LogP contribution in [0.5, 0.6) is 5.75 Å². The summed E-state index contributed by atoms with van der Waals surface area (Å²) in [5, 5.41) is 24.2. The maximum atomic E-state index is 9.43. The van der Waals surface area contributed by atoms with E-state index in [-0.39, 0.29) is 18.2 Å². The number of benzene rings is 2. The minimum Gasteiger partial charge on any atom is -0.485 e. The molecular formula is C20H25NO6. The second-order valence-corrected chi connectivity index (χ2v) is 6.59. The first kappa shape index (κ1) is 22.1. The van der Waals surface area contributed by atoms with E-state index in [9.17, 15) is 5.11 Å². The van der Waals surface area contributed by atoms with E-state index in [0.29, 0.717) is 12.2 Å². The molecule has 7 heteroatoms. The number of carboxylic acid groups (broad SMARTS) is 2. The highest BCUT2D eigenvalue weighted by molar-refractivity contribution is 6.27. The Morgan fingerprint density at radius 1 is 1.00 bits per heavy atom. The number of carboxylic acids is 2.